The van der Waals surface area contributed by atoms with Crippen molar-refractivity contribution in [2.45, 2.75) is 32.0 Å². The van der Waals surface area contributed by atoms with E-state index in [2.05, 4.69) is 4.98 Å². The number of pyridine rings is 1. The number of likely N-dealkylation sites (tertiary alicyclic amines) is 1. The molecule has 7 heteroatoms. The zero-order valence-corrected chi connectivity index (χ0v) is 16.0. The number of halogens is 1. The highest BCUT2D eigenvalue weighted by Gasteiger charge is 2.34. The zero-order valence-electron chi connectivity index (χ0n) is 15.3. The molecule has 0 spiro atoms. The summed E-state index contributed by atoms with van der Waals surface area (Å²) in [6.45, 7) is 5.09. The third-order valence-corrected chi connectivity index (χ3v) is 4.82. The fourth-order valence-corrected chi connectivity index (χ4v) is 3.36. The molecule has 142 valence electrons. The lowest BCUT2D eigenvalue weighted by Gasteiger charge is -2.38. The summed E-state index contributed by atoms with van der Waals surface area (Å²) in [5, 5.41) is 0.560. The third-order valence-electron chi connectivity index (χ3n) is 4.59. The van der Waals surface area contributed by atoms with Crippen LogP contribution in [0.4, 0.5) is 0 Å². The summed E-state index contributed by atoms with van der Waals surface area (Å²) in [6.07, 6.45) is 2.30. The van der Waals surface area contributed by atoms with Crippen LogP contribution >= 0.6 is 11.6 Å². The summed E-state index contributed by atoms with van der Waals surface area (Å²) in [4.78, 5) is 18.1. The Morgan fingerprint density at radius 2 is 2.15 bits per heavy atom. The molecule has 1 amide bonds. The maximum absolute atomic E-state index is 12.3. The molecule has 1 fully saturated rings. The largest absolute Gasteiger partial charge is 0.483 e. The van der Waals surface area contributed by atoms with Crippen LogP contribution in [0.2, 0.25) is 5.02 Å². The molecule has 0 unspecified atom stereocenters. The van der Waals surface area contributed by atoms with E-state index in [0.29, 0.717) is 29.7 Å². The molecule has 0 atom stereocenters. The summed E-state index contributed by atoms with van der Waals surface area (Å²) >= 11 is 5.80. The van der Waals surface area contributed by atoms with E-state index >= 15 is 0 Å². The van der Waals surface area contributed by atoms with Gasteiger partial charge >= 0.3 is 0 Å². The molecule has 0 saturated carbocycles. The van der Waals surface area contributed by atoms with Gasteiger partial charge in [0.05, 0.1) is 18.1 Å². The van der Waals surface area contributed by atoms with Crippen molar-refractivity contribution in [3.05, 3.63) is 47.1 Å². The van der Waals surface area contributed by atoms with Crippen LogP contribution in [0.1, 0.15) is 19.4 Å². The van der Waals surface area contributed by atoms with Crippen molar-refractivity contribution in [2.75, 3.05) is 19.7 Å². The number of ether oxygens (including phenoxy) is 3. The van der Waals surface area contributed by atoms with Gasteiger partial charge in [-0.2, -0.15) is 0 Å². The molecular formula is C20H21ClN2O4. The number of rotatable bonds is 5. The van der Waals surface area contributed by atoms with Crippen LogP contribution in [0.5, 0.6) is 17.4 Å². The summed E-state index contributed by atoms with van der Waals surface area (Å²) in [7, 11) is 0. The number of hydrogen-bond acceptors (Lipinski definition) is 5. The maximum atomic E-state index is 12.3. The lowest BCUT2D eigenvalue weighted by molar-refractivity contribution is -0.142. The molecule has 1 aromatic heterocycles. The van der Waals surface area contributed by atoms with Gasteiger partial charge in [-0.15, -0.1) is 0 Å². The minimum atomic E-state index is -0.246. The molecule has 2 aliphatic rings. The van der Waals surface area contributed by atoms with Gasteiger partial charge in [0.15, 0.2) is 18.1 Å². The predicted octanol–water partition coefficient (Wildman–Crippen LogP) is 3.12. The van der Waals surface area contributed by atoms with Crippen LogP contribution in [0, 0.1) is 0 Å². The quantitative estimate of drug-likeness (QED) is 0.787. The fraction of sp³-hybridized carbons (Fsp3) is 0.400. The molecular weight excluding hydrogens is 368 g/mol. The normalized spacial score (nSPS) is 17.7. The highest BCUT2D eigenvalue weighted by Crippen LogP contribution is 2.41. The van der Waals surface area contributed by atoms with E-state index in [0.717, 1.165) is 17.7 Å². The number of carbonyl (C=O) groups is 1. The highest BCUT2D eigenvalue weighted by molar-refractivity contribution is 6.30. The molecule has 1 saturated heterocycles. The molecule has 27 heavy (non-hydrogen) atoms. The Morgan fingerprint density at radius 3 is 2.89 bits per heavy atom. The molecule has 4 rings (SSSR count). The average Bonchev–Trinajstić information content (AvgIpc) is 2.91. The van der Waals surface area contributed by atoms with Gasteiger partial charge in [-0.1, -0.05) is 23.7 Å². The summed E-state index contributed by atoms with van der Waals surface area (Å²) in [6, 6.07) is 9.23. The molecule has 2 aliphatic heterocycles. The van der Waals surface area contributed by atoms with Crippen molar-refractivity contribution >= 4 is 17.5 Å². The average molecular weight is 389 g/mol. The number of carbonyl (C=O) groups excluding carboxylic acids is 1. The first-order valence-electron chi connectivity index (χ1n) is 8.89. The molecule has 6 nitrogen and oxygen atoms in total. The summed E-state index contributed by atoms with van der Waals surface area (Å²) in [5.74, 6) is 1.79. The first-order valence-corrected chi connectivity index (χ1v) is 9.27. The van der Waals surface area contributed by atoms with E-state index in [9.17, 15) is 4.79 Å². The second-order valence-electron chi connectivity index (χ2n) is 7.42. The van der Waals surface area contributed by atoms with Crippen molar-refractivity contribution in [1.29, 1.82) is 0 Å². The van der Waals surface area contributed by atoms with E-state index < -0.39 is 0 Å². The fourth-order valence-electron chi connectivity index (χ4n) is 3.25. The Labute approximate surface area is 163 Å². The van der Waals surface area contributed by atoms with Crippen molar-refractivity contribution in [1.82, 2.24) is 9.88 Å². The number of nitrogens with zero attached hydrogens (tertiary/aromatic N) is 2. The zero-order chi connectivity index (χ0) is 19.0. The standard InChI is InChI=1S/C20H21ClN2O4/c1-20(2)8-13-4-3-5-16(19(13)27-20)25-12-18(24)23-10-15(11-23)26-17-7-6-14(21)9-22-17/h3-7,9,15H,8,10-12H2,1-2H3. The Morgan fingerprint density at radius 1 is 1.33 bits per heavy atom. The van der Waals surface area contributed by atoms with Crippen LogP contribution in [-0.4, -0.2) is 47.2 Å². The Bertz CT molecular complexity index is 848. The molecule has 0 radical (unpaired) electrons. The van der Waals surface area contributed by atoms with Gasteiger partial charge in [-0.25, -0.2) is 4.98 Å². The first kappa shape index (κ1) is 17.9. The Hall–Kier alpha value is -2.47. The number of hydrogen-bond donors (Lipinski definition) is 0. The van der Waals surface area contributed by atoms with E-state index in [1.165, 1.54) is 6.20 Å². The second kappa shape index (κ2) is 6.93. The molecule has 0 bridgehead atoms. The minimum absolute atomic E-state index is 0.0217. The van der Waals surface area contributed by atoms with Crippen molar-refractivity contribution in [3.8, 4) is 17.4 Å². The monoisotopic (exact) mass is 388 g/mol. The van der Waals surface area contributed by atoms with E-state index in [-0.39, 0.29) is 24.2 Å². The van der Waals surface area contributed by atoms with Gasteiger partial charge in [0.2, 0.25) is 5.88 Å². The smallest absolute Gasteiger partial charge is 0.260 e. The van der Waals surface area contributed by atoms with Gasteiger partial charge in [0.1, 0.15) is 11.7 Å². The van der Waals surface area contributed by atoms with E-state index in [4.69, 9.17) is 25.8 Å². The molecule has 2 aromatic rings. The van der Waals surface area contributed by atoms with Crippen molar-refractivity contribution < 1.29 is 19.0 Å². The second-order valence-corrected chi connectivity index (χ2v) is 7.86. The molecule has 1 aromatic carbocycles. The lowest BCUT2D eigenvalue weighted by atomic mass is 10.0. The van der Waals surface area contributed by atoms with Crippen LogP contribution in [0.15, 0.2) is 36.5 Å². The molecule has 0 N–H and O–H groups in total. The van der Waals surface area contributed by atoms with Crippen molar-refractivity contribution in [3.63, 3.8) is 0 Å². The minimum Gasteiger partial charge on any atom is -0.483 e. The number of benzene rings is 1. The summed E-state index contributed by atoms with van der Waals surface area (Å²) in [5.41, 5.74) is 0.863. The number of aromatic nitrogens is 1. The van der Waals surface area contributed by atoms with Crippen molar-refractivity contribution in [2.24, 2.45) is 0 Å². The predicted molar refractivity (Wildman–Crippen MR) is 101 cm³/mol. The molecule has 3 heterocycles. The van der Waals surface area contributed by atoms with Crippen LogP contribution in [0.25, 0.3) is 0 Å². The van der Waals surface area contributed by atoms with Gasteiger partial charge < -0.3 is 19.1 Å². The van der Waals surface area contributed by atoms with Crippen LogP contribution in [0.3, 0.4) is 0 Å². The first-order chi connectivity index (χ1) is 12.9. The lowest BCUT2D eigenvalue weighted by Crippen LogP contribution is -2.57. The topological polar surface area (TPSA) is 60.9 Å². The number of fused-ring (bicyclic) bond motifs is 1. The van der Waals surface area contributed by atoms with Gasteiger partial charge in [-0.05, 0) is 26.0 Å². The van der Waals surface area contributed by atoms with E-state index in [1.807, 2.05) is 32.0 Å². The Balaban J connectivity index is 1.27. The van der Waals surface area contributed by atoms with Crippen LogP contribution < -0.4 is 14.2 Å². The van der Waals surface area contributed by atoms with Gasteiger partial charge in [0, 0.05) is 24.2 Å². The van der Waals surface area contributed by atoms with Gasteiger partial charge in [-0.3, -0.25) is 4.79 Å². The molecule has 0 aliphatic carbocycles. The highest BCUT2D eigenvalue weighted by atomic mass is 35.5. The number of amides is 1. The van der Waals surface area contributed by atoms with E-state index in [1.54, 1.807) is 17.0 Å². The maximum Gasteiger partial charge on any atom is 0.260 e. The Kier molecular flexibility index (Phi) is 4.60. The van der Waals surface area contributed by atoms with Crippen LogP contribution in [-0.2, 0) is 11.2 Å². The third kappa shape index (κ3) is 3.95. The van der Waals surface area contributed by atoms with Gasteiger partial charge in [0.25, 0.3) is 5.91 Å². The SMILES string of the molecule is CC1(C)Cc2cccc(OCC(=O)N3CC(Oc4ccc(Cl)cn4)C3)c2O1. The summed E-state index contributed by atoms with van der Waals surface area (Å²) < 4.78 is 17.4. The number of para-hydroxylation sites is 1.